The Morgan fingerprint density at radius 3 is 2.50 bits per heavy atom. The Morgan fingerprint density at radius 2 is 1.77 bits per heavy atom. The van der Waals surface area contributed by atoms with Gasteiger partial charge in [0.25, 0.3) is 5.91 Å². The van der Waals surface area contributed by atoms with Gasteiger partial charge in [0, 0.05) is 30.9 Å². The highest BCUT2D eigenvalue weighted by atomic mass is 16.5. The Labute approximate surface area is 232 Å². The maximum atomic E-state index is 13.9. The average molecular weight is 540 g/mol. The van der Waals surface area contributed by atoms with Gasteiger partial charge in [0.1, 0.15) is 11.2 Å². The van der Waals surface area contributed by atoms with E-state index in [9.17, 15) is 4.79 Å². The van der Waals surface area contributed by atoms with E-state index < -0.39 is 5.60 Å². The summed E-state index contributed by atoms with van der Waals surface area (Å²) in [6.07, 6.45) is 2.46. The summed E-state index contributed by atoms with van der Waals surface area (Å²) < 4.78 is 12.5. The Kier molecular flexibility index (Phi) is 5.88. The quantitative estimate of drug-likeness (QED) is 0.374. The lowest BCUT2D eigenvalue weighted by atomic mass is 10.0. The largest absolute Gasteiger partial charge is 0.469 e. The molecule has 7 rings (SSSR count). The van der Waals surface area contributed by atoms with Gasteiger partial charge in [-0.2, -0.15) is 4.98 Å². The number of nitrogens with zero attached hydrogens (tertiary/aromatic N) is 5. The number of anilines is 3. The van der Waals surface area contributed by atoms with E-state index in [2.05, 4.69) is 20.2 Å². The molecule has 3 aliphatic heterocycles. The zero-order chi connectivity index (χ0) is 27.4. The number of hydrogen-bond donors (Lipinski definition) is 2. The number of fused-ring (bicyclic) bond motifs is 4. The van der Waals surface area contributed by atoms with Crippen molar-refractivity contribution in [2.45, 2.75) is 51.4 Å². The van der Waals surface area contributed by atoms with Gasteiger partial charge in [-0.05, 0) is 57.9 Å². The number of rotatable bonds is 5. The summed E-state index contributed by atoms with van der Waals surface area (Å²) in [5.74, 6) is 1.47. The topological polar surface area (TPSA) is 108 Å². The lowest BCUT2D eigenvalue weighted by Crippen LogP contribution is -2.43. The minimum absolute atomic E-state index is 0.115. The summed E-state index contributed by atoms with van der Waals surface area (Å²) in [5.41, 5.74) is 3.95. The number of amides is 1. The normalized spacial score (nSPS) is 21.7. The smallest absolute Gasteiger partial charge is 0.261 e. The first-order valence-corrected chi connectivity index (χ1v) is 14.0. The summed E-state index contributed by atoms with van der Waals surface area (Å²) in [6.45, 7) is 8.46. The van der Waals surface area contributed by atoms with E-state index in [0.717, 1.165) is 48.2 Å². The fraction of sp³-hybridized carbons (Fsp3) is 0.400. The molecule has 1 amide bonds. The van der Waals surface area contributed by atoms with E-state index in [1.807, 2.05) is 74.2 Å². The van der Waals surface area contributed by atoms with Crippen molar-refractivity contribution in [1.29, 1.82) is 0 Å². The predicted molar refractivity (Wildman–Crippen MR) is 153 cm³/mol. The van der Waals surface area contributed by atoms with Crippen LogP contribution in [0.15, 0.2) is 48.5 Å². The van der Waals surface area contributed by atoms with Crippen LogP contribution in [0.5, 0.6) is 5.88 Å². The molecule has 3 aliphatic rings. The van der Waals surface area contributed by atoms with Crippen molar-refractivity contribution >= 4 is 34.5 Å². The number of carbonyl (C=O) groups is 1. The van der Waals surface area contributed by atoms with Gasteiger partial charge in [-0.3, -0.25) is 4.79 Å². The van der Waals surface area contributed by atoms with Gasteiger partial charge in [0.15, 0.2) is 0 Å². The Hall–Kier alpha value is -4.18. The SMILES string of the molecule is CCN1CC(C)(C)Oc2nc(N3CC4CCC(C3)O4)nc(-c3ccc(Nc4nc5ccccc5[nH]4)cc3)c2C1=O. The van der Waals surface area contributed by atoms with Crippen molar-refractivity contribution in [2.24, 2.45) is 0 Å². The van der Waals surface area contributed by atoms with Gasteiger partial charge in [-0.1, -0.05) is 24.3 Å². The van der Waals surface area contributed by atoms with Crippen molar-refractivity contribution in [3.8, 4) is 17.1 Å². The maximum Gasteiger partial charge on any atom is 0.261 e. The molecule has 40 heavy (non-hydrogen) atoms. The van der Waals surface area contributed by atoms with Crippen LogP contribution in [-0.2, 0) is 4.74 Å². The fourth-order valence-electron chi connectivity index (χ4n) is 5.92. The summed E-state index contributed by atoms with van der Waals surface area (Å²) in [7, 11) is 0. The second-order valence-corrected chi connectivity index (χ2v) is 11.4. The van der Waals surface area contributed by atoms with Gasteiger partial charge in [-0.25, -0.2) is 9.97 Å². The Balaban J connectivity index is 1.28. The third-order valence-corrected chi connectivity index (χ3v) is 7.83. The monoisotopic (exact) mass is 539 g/mol. The number of ether oxygens (including phenoxy) is 2. The summed E-state index contributed by atoms with van der Waals surface area (Å²) >= 11 is 0. The van der Waals surface area contributed by atoms with Crippen LogP contribution in [0, 0.1) is 0 Å². The number of aromatic amines is 1. The van der Waals surface area contributed by atoms with Crippen molar-refractivity contribution in [3.05, 3.63) is 54.1 Å². The maximum absolute atomic E-state index is 13.9. The Morgan fingerprint density at radius 1 is 1.02 bits per heavy atom. The van der Waals surface area contributed by atoms with Crippen LogP contribution in [0.4, 0.5) is 17.6 Å². The predicted octanol–water partition coefficient (Wildman–Crippen LogP) is 4.76. The highest BCUT2D eigenvalue weighted by Gasteiger charge is 2.39. The van der Waals surface area contributed by atoms with Crippen LogP contribution in [0.1, 0.15) is 44.0 Å². The second-order valence-electron chi connectivity index (χ2n) is 11.4. The molecule has 4 aromatic rings. The van der Waals surface area contributed by atoms with Gasteiger partial charge in [0.2, 0.25) is 17.8 Å². The molecule has 10 heteroatoms. The summed E-state index contributed by atoms with van der Waals surface area (Å²) in [5, 5.41) is 3.34. The molecule has 0 aliphatic carbocycles. The molecule has 2 N–H and O–H groups in total. The Bertz CT molecular complexity index is 1540. The molecule has 5 heterocycles. The highest BCUT2D eigenvalue weighted by Crippen LogP contribution is 2.38. The number of hydrogen-bond acceptors (Lipinski definition) is 8. The average Bonchev–Trinajstić information content (AvgIpc) is 3.49. The van der Waals surface area contributed by atoms with Crippen molar-refractivity contribution < 1.29 is 14.3 Å². The number of carbonyl (C=O) groups excluding carboxylic acids is 1. The van der Waals surface area contributed by atoms with Crippen LogP contribution in [0.25, 0.3) is 22.3 Å². The first-order chi connectivity index (χ1) is 19.3. The lowest BCUT2D eigenvalue weighted by molar-refractivity contribution is 0.0297. The molecule has 2 saturated heterocycles. The molecule has 2 atom stereocenters. The van der Waals surface area contributed by atoms with Gasteiger partial charge < -0.3 is 29.6 Å². The van der Waals surface area contributed by atoms with Crippen LogP contribution in [0.3, 0.4) is 0 Å². The van der Waals surface area contributed by atoms with E-state index >= 15 is 0 Å². The van der Waals surface area contributed by atoms with Crippen molar-refractivity contribution in [2.75, 3.05) is 36.4 Å². The minimum Gasteiger partial charge on any atom is -0.469 e. The van der Waals surface area contributed by atoms with Crippen LogP contribution in [0.2, 0.25) is 0 Å². The highest BCUT2D eigenvalue weighted by molar-refractivity contribution is 6.02. The molecule has 206 valence electrons. The molecule has 0 spiro atoms. The number of H-pyrrole nitrogens is 1. The summed E-state index contributed by atoms with van der Waals surface area (Å²) in [6, 6.07) is 15.8. The van der Waals surface area contributed by atoms with Crippen LogP contribution < -0.4 is 15.0 Å². The van der Waals surface area contributed by atoms with Gasteiger partial charge >= 0.3 is 0 Å². The molecule has 2 aromatic heterocycles. The molecule has 0 radical (unpaired) electrons. The third kappa shape index (κ3) is 4.52. The summed E-state index contributed by atoms with van der Waals surface area (Å²) in [4.78, 5) is 35.6. The van der Waals surface area contributed by atoms with Crippen molar-refractivity contribution in [3.63, 3.8) is 0 Å². The standard InChI is InChI=1S/C30H33N7O3/c1-4-36-17-30(2,3)40-26-24(27(36)38)25(34-29(35-26)37-15-20-13-14-21(16-37)39-20)18-9-11-19(12-10-18)31-28-32-22-7-5-6-8-23(22)33-28/h5-12,20-21H,4,13-17H2,1-3H3,(H2,31,32,33). The molecule has 2 fully saturated rings. The van der Waals surface area contributed by atoms with Crippen molar-refractivity contribution in [1.82, 2.24) is 24.8 Å². The van der Waals surface area contributed by atoms with Gasteiger partial charge in [-0.15, -0.1) is 0 Å². The minimum atomic E-state index is -0.593. The number of para-hydroxylation sites is 2. The zero-order valence-corrected chi connectivity index (χ0v) is 23.0. The molecule has 2 aromatic carbocycles. The number of nitrogens with one attached hydrogen (secondary N) is 2. The molecular weight excluding hydrogens is 506 g/mol. The number of morpholine rings is 1. The lowest BCUT2D eigenvalue weighted by Gasteiger charge is -2.33. The molecular formula is C30H33N7O3. The third-order valence-electron chi connectivity index (χ3n) is 7.83. The molecule has 2 bridgehead atoms. The first-order valence-electron chi connectivity index (χ1n) is 14.0. The number of imidazole rings is 1. The first kappa shape index (κ1) is 24.8. The van der Waals surface area contributed by atoms with E-state index in [4.69, 9.17) is 19.4 Å². The molecule has 0 saturated carbocycles. The van der Waals surface area contributed by atoms with Gasteiger partial charge in [0.05, 0.1) is 35.5 Å². The number of benzene rings is 2. The molecule has 10 nitrogen and oxygen atoms in total. The second kappa shape index (κ2) is 9.48. The zero-order valence-electron chi connectivity index (χ0n) is 23.0. The van der Waals surface area contributed by atoms with E-state index in [0.29, 0.717) is 42.1 Å². The molecule has 2 unspecified atom stereocenters. The van der Waals surface area contributed by atoms with Crippen LogP contribution >= 0.6 is 0 Å². The number of likely N-dealkylation sites (N-methyl/N-ethyl adjacent to an activating group) is 1. The van der Waals surface area contributed by atoms with E-state index in [1.54, 1.807) is 0 Å². The fourth-order valence-corrected chi connectivity index (χ4v) is 5.92. The van der Waals surface area contributed by atoms with E-state index in [1.165, 1.54) is 0 Å². The van der Waals surface area contributed by atoms with E-state index in [-0.39, 0.29) is 18.1 Å². The number of aromatic nitrogens is 4. The van der Waals surface area contributed by atoms with Crippen LogP contribution in [-0.4, -0.2) is 74.7 Å².